The first-order chi connectivity index (χ1) is 14.4. The molecule has 9 heteroatoms. The van der Waals surface area contributed by atoms with Gasteiger partial charge in [0, 0.05) is 24.8 Å². The summed E-state index contributed by atoms with van der Waals surface area (Å²) in [4.78, 5) is 4.62. The highest BCUT2D eigenvalue weighted by molar-refractivity contribution is 5.89. The molecule has 3 aromatic heterocycles. The van der Waals surface area contributed by atoms with Crippen LogP contribution >= 0.6 is 0 Å². The van der Waals surface area contributed by atoms with Crippen molar-refractivity contribution in [2.24, 2.45) is 7.05 Å². The van der Waals surface area contributed by atoms with E-state index in [4.69, 9.17) is 4.74 Å². The Hall–Kier alpha value is -3.20. The van der Waals surface area contributed by atoms with E-state index >= 15 is 0 Å². The number of rotatable bonds is 4. The molecule has 1 saturated carbocycles. The number of fused-ring (bicyclic) bond motifs is 2. The third-order valence-electron chi connectivity index (χ3n) is 5.99. The normalized spacial score (nSPS) is 21.9. The first-order valence-corrected chi connectivity index (χ1v) is 10.2. The van der Waals surface area contributed by atoms with E-state index in [0.717, 1.165) is 53.4 Å². The maximum absolute atomic E-state index is 10.2. The van der Waals surface area contributed by atoms with Gasteiger partial charge in [-0.1, -0.05) is 11.3 Å². The number of anilines is 1. The van der Waals surface area contributed by atoms with Gasteiger partial charge in [0.15, 0.2) is 0 Å². The van der Waals surface area contributed by atoms with Crippen LogP contribution in [0.25, 0.3) is 27.7 Å². The second kappa shape index (κ2) is 6.94. The monoisotopic (exact) mass is 407 g/mol. The standard InChI is InChI=1S/C21H25N7O2/c1-21(29)9-6-14(7-10-21)22-20-23-19(30-3)18-15(8-11-28(18)25-20)13-4-5-16-17(12-13)27(2)26-24-16/h4-5,8,11-12,14,29H,6-7,9-10H2,1-3H3,(H,22,25)/t14-,21+. The van der Waals surface area contributed by atoms with Crippen molar-refractivity contribution in [2.45, 2.75) is 44.2 Å². The quantitative estimate of drug-likeness (QED) is 0.536. The molecule has 0 aliphatic heterocycles. The molecule has 2 N–H and O–H groups in total. The minimum absolute atomic E-state index is 0.238. The van der Waals surface area contributed by atoms with Crippen molar-refractivity contribution in [3.8, 4) is 17.0 Å². The second-order valence-electron chi connectivity index (χ2n) is 8.30. The molecule has 1 fully saturated rings. The first kappa shape index (κ1) is 18.8. The Bertz CT molecular complexity index is 1220. The average molecular weight is 407 g/mol. The van der Waals surface area contributed by atoms with Crippen LogP contribution in [0.3, 0.4) is 0 Å². The van der Waals surface area contributed by atoms with E-state index in [2.05, 4.69) is 31.8 Å². The van der Waals surface area contributed by atoms with Gasteiger partial charge in [-0.3, -0.25) is 0 Å². The van der Waals surface area contributed by atoms with Crippen LogP contribution in [0.5, 0.6) is 5.88 Å². The van der Waals surface area contributed by atoms with Crippen LogP contribution in [0, 0.1) is 0 Å². The molecule has 0 unspecified atom stereocenters. The molecule has 1 aliphatic carbocycles. The van der Waals surface area contributed by atoms with Crippen molar-refractivity contribution in [3.63, 3.8) is 0 Å². The number of benzene rings is 1. The Morgan fingerprint density at radius 2 is 2.03 bits per heavy atom. The van der Waals surface area contributed by atoms with Gasteiger partial charge in [-0.15, -0.1) is 10.2 Å². The number of aliphatic hydroxyl groups is 1. The fourth-order valence-electron chi connectivity index (χ4n) is 4.19. The highest BCUT2D eigenvalue weighted by atomic mass is 16.5. The van der Waals surface area contributed by atoms with Gasteiger partial charge in [-0.05, 0) is 56.4 Å². The van der Waals surface area contributed by atoms with Crippen molar-refractivity contribution in [1.82, 2.24) is 29.6 Å². The van der Waals surface area contributed by atoms with Gasteiger partial charge in [0.25, 0.3) is 0 Å². The molecular formula is C21H25N7O2. The summed E-state index contributed by atoms with van der Waals surface area (Å²) in [6.45, 7) is 1.90. The molecule has 0 spiro atoms. The van der Waals surface area contributed by atoms with E-state index in [1.54, 1.807) is 16.3 Å². The second-order valence-corrected chi connectivity index (χ2v) is 8.30. The van der Waals surface area contributed by atoms with Gasteiger partial charge >= 0.3 is 0 Å². The number of aromatic nitrogens is 6. The van der Waals surface area contributed by atoms with E-state index in [1.807, 2.05) is 38.4 Å². The summed E-state index contributed by atoms with van der Waals surface area (Å²) in [5.41, 5.74) is 4.05. The van der Waals surface area contributed by atoms with Gasteiger partial charge in [-0.2, -0.15) is 4.98 Å². The Kier molecular flexibility index (Phi) is 4.35. The highest BCUT2D eigenvalue weighted by Crippen LogP contribution is 2.33. The molecule has 0 amide bonds. The van der Waals surface area contributed by atoms with Crippen LogP contribution in [-0.2, 0) is 7.05 Å². The number of methoxy groups -OCH3 is 1. The lowest BCUT2D eigenvalue weighted by Crippen LogP contribution is -2.36. The van der Waals surface area contributed by atoms with Crippen molar-refractivity contribution < 1.29 is 9.84 Å². The van der Waals surface area contributed by atoms with Crippen LogP contribution in [0.4, 0.5) is 5.95 Å². The number of hydrogen-bond donors (Lipinski definition) is 2. The number of ether oxygens (including phenoxy) is 1. The van der Waals surface area contributed by atoms with Crippen LogP contribution in [0.15, 0.2) is 30.5 Å². The zero-order valence-corrected chi connectivity index (χ0v) is 17.3. The number of aryl methyl sites for hydroxylation is 1. The number of nitrogens with zero attached hydrogens (tertiary/aromatic N) is 6. The Morgan fingerprint density at radius 1 is 1.23 bits per heavy atom. The molecular weight excluding hydrogens is 382 g/mol. The van der Waals surface area contributed by atoms with Crippen molar-refractivity contribution in [2.75, 3.05) is 12.4 Å². The third-order valence-corrected chi connectivity index (χ3v) is 5.99. The van der Waals surface area contributed by atoms with Gasteiger partial charge in [0.05, 0.1) is 18.2 Å². The topological polar surface area (TPSA) is 102 Å². The molecule has 0 saturated heterocycles. The maximum Gasteiger partial charge on any atom is 0.244 e. The molecule has 5 rings (SSSR count). The molecule has 0 atom stereocenters. The number of nitrogens with one attached hydrogen (secondary N) is 1. The SMILES string of the molecule is COc1nc(N[C@H]2CC[C@@](C)(O)CC2)nn2ccc(-c3ccc4nnn(C)c4c3)c12. The Labute approximate surface area is 173 Å². The van der Waals surface area contributed by atoms with E-state index in [9.17, 15) is 5.11 Å². The summed E-state index contributed by atoms with van der Waals surface area (Å²) in [7, 11) is 3.50. The molecule has 156 valence electrons. The fourth-order valence-corrected chi connectivity index (χ4v) is 4.19. The predicted octanol–water partition coefficient (Wildman–Crippen LogP) is 2.79. The molecule has 0 bridgehead atoms. The fraction of sp³-hybridized carbons (Fsp3) is 0.429. The zero-order chi connectivity index (χ0) is 20.9. The van der Waals surface area contributed by atoms with Crippen molar-refractivity contribution in [3.05, 3.63) is 30.5 Å². The average Bonchev–Trinajstić information content (AvgIpc) is 3.32. The van der Waals surface area contributed by atoms with E-state index in [-0.39, 0.29) is 6.04 Å². The lowest BCUT2D eigenvalue weighted by atomic mass is 9.84. The molecule has 4 aromatic rings. The van der Waals surface area contributed by atoms with E-state index in [0.29, 0.717) is 11.8 Å². The predicted molar refractivity (Wildman–Crippen MR) is 114 cm³/mol. The van der Waals surface area contributed by atoms with Crippen molar-refractivity contribution in [1.29, 1.82) is 0 Å². The summed E-state index contributed by atoms with van der Waals surface area (Å²) in [5, 5.41) is 26.5. The smallest absolute Gasteiger partial charge is 0.244 e. The van der Waals surface area contributed by atoms with Crippen LogP contribution < -0.4 is 10.1 Å². The largest absolute Gasteiger partial charge is 0.479 e. The summed E-state index contributed by atoms with van der Waals surface area (Å²) in [5.74, 6) is 1.04. The lowest BCUT2D eigenvalue weighted by Gasteiger charge is -2.33. The molecule has 30 heavy (non-hydrogen) atoms. The third kappa shape index (κ3) is 3.24. The maximum atomic E-state index is 10.2. The molecule has 0 radical (unpaired) electrons. The lowest BCUT2D eigenvalue weighted by molar-refractivity contribution is 0.0195. The molecule has 3 heterocycles. The molecule has 1 aromatic carbocycles. The van der Waals surface area contributed by atoms with Gasteiger partial charge in [-0.25, -0.2) is 9.20 Å². The summed E-state index contributed by atoms with van der Waals surface area (Å²) >= 11 is 0. The summed E-state index contributed by atoms with van der Waals surface area (Å²) in [6.07, 6.45) is 5.21. The summed E-state index contributed by atoms with van der Waals surface area (Å²) < 4.78 is 9.18. The van der Waals surface area contributed by atoms with E-state index < -0.39 is 5.60 Å². The summed E-state index contributed by atoms with van der Waals surface area (Å²) in [6, 6.07) is 8.29. The Balaban J connectivity index is 1.50. The highest BCUT2D eigenvalue weighted by Gasteiger charge is 2.29. The van der Waals surface area contributed by atoms with Crippen molar-refractivity contribution >= 4 is 22.5 Å². The molecule has 9 nitrogen and oxygen atoms in total. The van der Waals surface area contributed by atoms with Crippen LogP contribution in [0.2, 0.25) is 0 Å². The minimum atomic E-state index is -0.569. The van der Waals surface area contributed by atoms with Gasteiger partial charge in [0.1, 0.15) is 11.0 Å². The Morgan fingerprint density at radius 3 is 2.80 bits per heavy atom. The van der Waals surface area contributed by atoms with Gasteiger partial charge < -0.3 is 15.2 Å². The van der Waals surface area contributed by atoms with Gasteiger partial charge in [0.2, 0.25) is 11.8 Å². The first-order valence-electron chi connectivity index (χ1n) is 10.2. The zero-order valence-electron chi connectivity index (χ0n) is 17.3. The van der Waals surface area contributed by atoms with E-state index in [1.165, 1.54) is 0 Å². The van der Waals surface area contributed by atoms with Crippen LogP contribution in [-0.4, -0.2) is 53.5 Å². The van der Waals surface area contributed by atoms with Crippen LogP contribution in [0.1, 0.15) is 32.6 Å². The number of hydrogen-bond acceptors (Lipinski definition) is 7. The molecule has 1 aliphatic rings. The minimum Gasteiger partial charge on any atom is -0.479 e.